The molecule has 4 rings (SSSR count). The highest BCUT2D eigenvalue weighted by Crippen LogP contribution is 2.34. The Balaban J connectivity index is 1.58. The number of aromatic nitrogens is 2. The largest absolute Gasteiger partial charge is 0.497 e. The van der Waals surface area contributed by atoms with E-state index in [2.05, 4.69) is 75.0 Å². The number of H-pyrrole nitrogens is 1. The lowest BCUT2D eigenvalue weighted by Gasteiger charge is -2.22. The number of carbonyl (C=O) groups is 1. The first-order valence-electron chi connectivity index (χ1n) is 14.0. The van der Waals surface area contributed by atoms with Gasteiger partial charge in [0.25, 0.3) is 5.91 Å². The van der Waals surface area contributed by atoms with Crippen LogP contribution >= 0.6 is 0 Å². The van der Waals surface area contributed by atoms with Gasteiger partial charge in [0.05, 0.1) is 26.1 Å². The zero-order valence-corrected chi connectivity index (χ0v) is 24.9. The molecule has 0 spiro atoms. The number of carbonyl (C=O) groups excluding carboxylic acids is 1. The molecule has 2 N–H and O–H groups in total. The third-order valence-corrected chi connectivity index (χ3v) is 7.29. The summed E-state index contributed by atoms with van der Waals surface area (Å²) in [4.78, 5) is 21.7. The lowest BCUT2D eigenvalue weighted by atomic mass is 9.84. The smallest absolute Gasteiger partial charge is 0.252 e. The monoisotopic (exact) mass is 539 g/mol. The van der Waals surface area contributed by atoms with Crippen molar-refractivity contribution in [2.45, 2.75) is 65.8 Å². The number of nitrogens with zero attached hydrogens (tertiary/aromatic N) is 1. The van der Waals surface area contributed by atoms with Crippen molar-refractivity contribution in [3.8, 4) is 34.1 Å². The van der Waals surface area contributed by atoms with Gasteiger partial charge in [0.15, 0.2) is 0 Å². The van der Waals surface area contributed by atoms with Crippen LogP contribution in [0.15, 0.2) is 60.8 Å². The van der Waals surface area contributed by atoms with E-state index in [0.29, 0.717) is 12.5 Å². The Morgan fingerprint density at radius 3 is 2.17 bits per heavy atom. The molecule has 0 aliphatic rings. The third-order valence-electron chi connectivity index (χ3n) is 7.29. The van der Waals surface area contributed by atoms with E-state index in [9.17, 15) is 4.79 Å². The SMILES string of the molecule is COc1ccc(OC)c(-c2cnc(-c3cccc(CNC(=O)c4c(C(C)C)cc(C(C)C)cc4C(C)C)c3)[nH]2)c1. The highest BCUT2D eigenvalue weighted by molar-refractivity contribution is 5.97. The molecule has 0 unspecified atom stereocenters. The fourth-order valence-electron chi connectivity index (χ4n) is 4.95. The third kappa shape index (κ3) is 6.22. The van der Waals surface area contributed by atoms with Crippen LogP contribution in [0.2, 0.25) is 0 Å². The summed E-state index contributed by atoms with van der Waals surface area (Å²) in [5.41, 5.74) is 7.95. The Labute approximate surface area is 238 Å². The number of rotatable bonds is 10. The molecule has 0 radical (unpaired) electrons. The first-order chi connectivity index (χ1) is 19.1. The van der Waals surface area contributed by atoms with E-state index in [1.165, 1.54) is 5.56 Å². The van der Waals surface area contributed by atoms with Crippen LogP contribution in [-0.2, 0) is 6.54 Å². The van der Waals surface area contributed by atoms with Gasteiger partial charge in [-0.25, -0.2) is 4.98 Å². The fraction of sp³-hybridized carbons (Fsp3) is 0.353. The fourth-order valence-corrected chi connectivity index (χ4v) is 4.95. The first-order valence-corrected chi connectivity index (χ1v) is 14.0. The van der Waals surface area contributed by atoms with Crippen LogP contribution in [0.25, 0.3) is 22.6 Å². The highest BCUT2D eigenvalue weighted by atomic mass is 16.5. The maximum absolute atomic E-state index is 13.6. The molecule has 6 nitrogen and oxygen atoms in total. The maximum Gasteiger partial charge on any atom is 0.252 e. The van der Waals surface area contributed by atoms with Crippen LogP contribution in [-0.4, -0.2) is 30.1 Å². The van der Waals surface area contributed by atoms with Crippen molar-refractivity contribution in [3.05, 3.63) is 88.6 Å². The molecule has 0 bridgehead atoms. The first kappa shape index (κ1) is 28.9. The molecule has 210 valence electrons. The van der Waals surface area contributed by atoms with E-state index in [1.807, 2.05) is 36.4 Å². The molecule has 0 aliphatic heterocycles. The van der Waals surface area contributed by atoms with Crippen molar-refractivity contribution >= 4 is 5.91 Å². The number of imidazole rings is 1. The van der Waals surface area contributed by atoms with Gasteiger partial charge in [-0.2, -0.15) is 0 Å². The lowest BCUT2D eigenvalue weighted by Crippen LogP contribution is -2.26. The number of ether oxygens (including phenoxy) is 2. The Kier molecular flexibility index (Phi) is 8.98. The van der Waals surface area contributed by atoms with Gasteiger partial charge in [-0.15, -0.1) is 0 Å². The summed E-state index contributed by atoms with van der Waals surface area (Å²) in [6, 6.07) is 18.2. The Hall–Kier alpha value is -4.06. The van der Waals surface area contributed by atoms with Gasteiger partial charge in [0, 0.05) is 23.2 Å². The summed E-state index contributed by atoms with van der Waals surface area (Å²) in [5, 5.41) is 3.19. The van der Waals surface area contributed by atoms with Crippen molar-refractivity contribution in [3.63, 3.8) is 0 Å². The molecule has 0 fully saturated rings. The van der Waals surface area contributed by atoms with Gasteiger partial charge in [-0.3, -0.25) is 4.79 Å². The van der Waals surface area contributed by atoms with Gasteiger partial charge in [-0.05, 0) is 64.3 Å². The van der Waals surface area contributed by atoms with Crippen molar-refractivity contribution in [1.29, 1.82) is 0 Å². The summed E-state index contributed by atoms with van der Waals surface area (Å²) in [6.45, 7) is 13.4. The minimum absolute atomic E-state index is 0.0292. The number of methoxy groups -OCH3 is 2. The summed E-state index contributed by atoms with van der Waals surface area (Å²) >= 11 is 0. The molecule has 4 aromatic rings. The van der Waals surface area contributed by atoms with Crippen LogP contribution < -0.4 is 14.8 Å². The standard InChI is InChI=1S/C34H41N3O3/c1-20(2)25-15-27(21(3)4)32(28(16-25)22(5)6)34(38)36-18-23-10-9-11-24(14-23)33-35-19-30(37-33)29-17-26(39-7)12-13-31(29)40-8/h9-17,19-22H,18H2,1-8H3,(H,35,37)(H,36,38). The number of hydrogen-bond donors (Lipinski definition) is 2. The zero-order chi connectivity index (χ0) is 29.0. The summed E-state index contributed by atoms with van der Waals surface area (Å²) < 4.78 is 10.9. The number of amides is 1. The van der Waals surface area contributed by atoms with E-state index < -0.39 is 0 Å². The molecule has 40 heavy (non-hydrogen) atoms. The Morgan fingerprint density at radius 1 is 0.875 bits per heavy atom. The topological polar surface area (TPSA) is 76.2 Å². The molecular weight excluding hydrogens is 498 g/mol. The molecule has 6 heteroatoms. The second kappa shape index (κ2) is 12.4. The van der Waals surface area contributed by atoms with Gasteiger partial charge < -0.3 is 19.8 Å². The Bertz CT molecular complexity index is 1450. The van der Waals surface area contributed by atoms with Crippen LogP contribution in [0.4, 0.5) is 0 Å². The molecule has 0 saturated carbocycles. The van der Waals surface area contributed by atoms with Crippen molar-refractivity contribution in [1.82, 2.24) is 15.3 Å². The normalized spacial score (nSPS) is 11.4. The minimum atomic E-state index is -0.0292. The van der Waals surface area contributed by atoms with Gasteiger partial charge in [0.2, 0.25) is 0 Å². The molecule has 0 saturated heterocycles. The second-order valence-corrected chi connectivity index (χ2v) is 11.1. The van der Waals surface area contributed by atoms with E-state index in [1.54, 1.807) is 20.4 Å². The highest BCUT2D eigenvalue weighted by Gasteiger charge is 2.22. The second-order valence-electron chi connectivity index (χ2n) is 11.1. The minimum Gasteiger partial charge on any atom is -0.497 e. The molecule has 3 aromatic carbocycles. The van der Waals surface area contributed by atoms with Crippen molar-refractivity contribution in [2.24, 2.45) is 0 Å². The Morgan fingerprint density at radius 2 is 1.57 bits per heavy atom. The molecule has 0 atom stereocenters. The van der Waals surface area contributed by atoms with Crippen molar-refractivity contribution < 1.29 is 14.3 Å². The van der Waals surface area contributed by atoms with E-state index in [-0.39, 0.29) is 17.7 Å². The van der Waals surface area contributed by atoms with E-state index >= 15 is 0 Å². The van der Waals surface area contributed by atoms with Crippen LogP contribution in [0, 0.1) is 0 Å². The van der Waals surface area contributed by atoms with E-state index in [0.717, 1.165) is 56.4 Å². The lowest BCUT2D eigenvalue weighted by molar-refractivity contribution is 0.0948. The molecule has 1 amide bonds. The van der Waals surface area contributed by atoms with Crippen molar-refractivity contribution in [2.75, 3.05) is 14.2 Å². The van der Waals surface area contributed by atoms with Crippen LogP contribution in [0.3, 0.4) is 0 Å². The number of aromatic amines is 1. The average molecular weight is 540 g/mol. The maximum atomic E-state index is 13.6. The average Bonchev–Trinajstić information content (AvgIpc) is 3.45. The van der Waals surface area contributed by atoms with Gasteiger partial charge in [0.1, 0.15) is 17.3 Å². The zero-order valence-electron chi connectivity index (χ0n) is 24.9. The van der Waals surface area contributed by atoms with Gasteiger partial charge >= 0.3 is 0 Å². The summed E-state index contributed by atoms with van der Waals surface area (Å²) in [7, 11) is 3.29. The summed E-state index contributed by atoms with van der Waals surface area (Å²) in [6.07, 6.45) is 1.79. The molecular formula is C34H41N3O3. The number of nitrogens with one attached hydrogen (secondary N) is 2. The molecule has 0 aliphatic carbocycles. The van der Waals surface area contributed by atoms with E-state index in [4.69, 9.17) is 9.47 Å². The van der Waals surface area contributed by atoms with Crippen LogP contribution in [0.5, 0.6) is 11.5 Å². The van der Waals surface area contributed by atoms with Gasteiger partial charge in [-0.1, -0.05) is 71.9 Å². The summed E-state index contributed by atoms with van der Waals surface area (Å²) in [5.74, 6) is 3.08. The molecule has 1 aromatic heterocycles. The quantitative estimate of drug-likeness (QED) is 0.214. The predicted molar refractivity (Wildman–Crippen MR) is 162 cm³/mol. The number of benzene rings is 3. The predicted octanol–water partition coefficient (Wildman–Crippen LogP) is 8.06. The molecule has 1 heterocycles. The van der Waals surface area contributed by atoms with Crippen LogP contribution in [0.1, 0.15) is 91.9 Å². The number of hydrogen-bond acceptors (Lipinski definition) is 4.